The molecule has 0 nitrogen and oxygen atoms in total. The van der Waals surface area contributed by atoms with E-state index < -0.39 is 0 Å². The molecule has 1 unspecified atom stereocenters. The van der Waals surface area contributed by atoms with E-state index in [0.717, 1.165) is 5.92 Å². The van der Waals surface area contributed by atoms with Crippen LogP contribution in [0.15, 0.2) is 24.3 Å². The van der Waals surface area contributed by atoms with Crippen LogP contribution in [0.2, 0.25) is 0 Å². The zero-order chi connectivity index (χ0) is 12.7. The van der Waals surface area contributed by atoms with Gasteiger partial charge in [-0.15, -0.1) is 0 Å². The molecule has 0 aromatic heterocycles. The number of benzene rings is 1. The van der Waals surface area contributed by atoms with Gasteiger partial charge in [-0.05, 0) is 40.7 Å². The second-order valence-corrected chi connectivity index (χ2v) is 6.84. The van der Waals surface area contributed by atoms with Gasteiger partial charge < -0.3 is 0 Å². The maximum Gasteiger partial charge on any atom is -0.0142 e. The summed E-state index contributed by atoms with van der Waals surface area (Å²) in [7, 11) is 0. The SMILES string of the molecule is CCC(C)C1(C(C)(C)C)Cc2ccccc2C1. The zero-order valence-electron chi connectivity index (χ0n) is 12.0. The van der Waals surface area contributed by atoms with Crippen LogP contribution < -0.4 is 0 Å². The predicted molar refractivity (Wildman–Crippen MR) is 75.2 cm³/mol. The van der Waals surface area contributed by atoms with Crippen molar-refractivity contribution in [2.45, 2.75) is 53.9 Å². The lowest BCUT2D eigenvalue weighted by molar-refractivity contribution is 0.0311. The van der Waals surface area contributed by atoms with Gasteiger partial charge in [-0.3, -0.25) is 0 Å². The number of fused-ring (bicyclic) bond motifs is 1. The molecule has 0 fully saturated rings. The molecule has 0 saturated heterocycles. The Labute approximate surface area is 106 Å². The summed E-state index contributed by atoms with van der Waals surface area (Å²) in [5.41, 5.74) is 4.00. The fourth-order valence-corrected chi connectivity index (χ4v) is 3.65. The molecule has 1 aliphatic rings. The van der Waals surface area contributed by atoms with Crippen LogP contribution in [0, 0.1) is 16.7 Å². The average Bonchev–Trinajstić information content (AvgIpc) is 2.67. The van der Waals surface area contributed by atoms with E-state index in [1.807, 2.05) is 0 Å². The Hall–Kier alpha value is -0.780. The van der Waals surface area contributed by atoms with E-state index in [1.165, 1.54) is 19.3 Å². The van der Waals surface area contributed by atoms with E-state index >= 15 is 0 Å². The lowest BCUT2D eigenvalue weighted by atomic mass is 9.58. The van der Waals surface area contributed by atoms with Crippen LogP contribution in [0.3, 0.4) is 0 Å². The highest BCUT2D eigenvalue weighted by atomic mass is 14.5. The van der Waals surface area contributed by atoms with E-state index in [9.17, 15) is 0 Å². The summed E-state index contributed by atoms with van der Waals surface area (Å²) in [5, 5.41) is 0. The van der Waals surface area contributed by atoms with Gasteiger partial charge in [-0.25, -0.2) is 0 Å². The molecule has 0 radical (unpaired) electrons. The molecule has 0 heteroatoms. The van der Waals surface area contributed by atoms with Gasteiger partial charge in [0.1, 0.15) is 0 Å². The molecular weight excluding hydrogens is 204 g/mol. The Morgan fingerprint density at radius 1 is 1.12 bits per heavy atom. The van der Waals surface area contributed by atoms with Crippen molar-refractivity contribution in [1.82, 2.24) is 0 Å². The summed E-state index contributed by atoms with van der Waals surface area (Å²) in [5.74, 6) is 0.787. The monoisotopic (exact) mass is 230 g/mol. The third kappa shape index (κ3) is 1.92. The van der Waals surface area contributed by atoms with Crippen LogP contribution in [0.25, 0.3) is 0 Å². The van der Waals surface area contributed by atoms with Crippen LogP contribution in [0.5, 0.6) is 0 Å². The van der Waals surface area contributed by atoms with Gasteiger partial charge in [0, 0.05) is 0 Å². The Morgan fingerprint density at radius 3 is 1.94 bits per heavy atom. The number of hydrogen-bond acceptors (Lipinski definition) is 0. The van der Waals surface area contributed by atoms with Crippen LogP contribution in [0.4, 0.5) is 0 Å². The third-order valence-corrected chi connectivity index (χ3v) is 5.18. The van der Waals surface area contributed by atoms with E-state index in [1.54, 1.807) is 11.1 Å². The molecule has 1 aromatic rings. The van der Waals surface area contributed by atoms with Crippen molar-refractivity contribution in [2.75, 3.05) is 0 Å². The maximum atomic E-state index is 2.44. The normalized spacial score (nSPS) is 20.1. The van der Waals surface area contributed by atoms with Gasteiger partial charge >= 0.3 is 0 Å². The molecule has 0 saturated carbocycles. The van der Waals surface area contributed by atoms with Gasteiger partial charge in [-0.2, -0.15) is 0 Å². The van der Waals surface area contributed by atoms with E-state index in [0.29, 0.717) is 10.8 Å². The molecule has 0 N–H and O–H groups in total. The molecule has 0 bridgehead atoms. The Morgan fingerprint density at radius 2 is 1.59 bits per heavy atom. The van der Waals surface area contributed by atoms with Gasteiger partial charge in [0.15, 0.2) is 0 Å². The van der Waals surface area contributed by atoms with Gasteiger partial charge in [-0.1, -0.05) is 65.3 Å². The highest BCUT2D eigenvalue weighted by molar-refractivity contribution is 5.35. The summed E-state index contributed by atoms with van der Waals surface area (Å²) in [4.78, 5) is 0. The van der Waals surface area contributed by atoms with E-state index in [-0.39, 0.29) is 0 Å². The topological polar surface area (TPSA) is 0 Å². The molecule has 1 aliphatic carbocycles. The standard InChI is InChI=1S/C17H26/c1-6-13(2)17(16(3,4)5)11-14-9-7-8-10-15(14)12-17/h7-10,13H,6,11-12H2,1-5H3. The molecular formula is C17H26. The molecule has 2 rings (SSSR count). The number of rotatable bonds is 2. The fourth-order valence-electron chi connectivity index (χ4n) is 3.65. The van der Waals surface area contributed by atoms with Gasteiger partial charge in [0.25, 0.3) is 0 Å². The van der Waals surface area contributed by atoms with Crippen molar-refractivity contribution in [1.29, 1.82) is 0 Å². The Kier molecular flexibility index (Phi) is 3.10. The van der Waals surface area contributed by atoms with Gasteiger partial charge in [0.2, 0.25) is 0 Å². The highest BCUT2D eigenvalue weighted by Crippen LogP contribution is 2.54. The molecule has 94 valence electrons. The smallest absolute Gasteiger partial charge is 0.0142 e. The van der Waals surface area contributed by atoms with Gasteiger partial charge in [0.05, 0.1) is 0 Å². The summed E-state index contributed by atoms with van der Waals surface area (Å²) in [6, 6.07) is 9.03. The lowest BCUT2D eigenvalue weighted by Gasteiger charge is -2.47. The lowest BCUT2D eigenvalue weighted by Crippen LogP contribution is -2.42. The van der Waals surface area contributed by atoms with Crippen molar-refractivity contribution in [3.8, 4) is 0 Å². The molecule has 17 heavy (non-hydrogen) atoms. The van der Waals surface area contributed by atoms with Crippen LogP contribution >= 0.6 is 0 Å². The second-order valence-electron chi connectivity index (χ2n) is 6.84. The zero-order valence-corrected chi connectivity index (χ0v) is 12.0. The first kappa shape index (κ1) is 12.7. The average molecular weight is 230 g/mol. The predicted octanol–water partition coefficient (Wildman–Crippen LogP) is 4.86. The van der Waals surface area contributed by atoms with Crippen molar-refractivity contribution in [2.24, 2.45) is 16.7 Å². The summed E-state index contributed by atoms with van der Waals surface area (Å²) < 4.78 is 0. The largest absolute Gasteiger partial charge is 0.0651 e. The Bertz CT molecular complexity index is 370. The van der Waals surface area contributed by atoms with Crippen LogP contribution in [-0.2, 0) is 12.8 Å². The van der Waals surface area contributed by atoms with Crippen LogP contribution in [0.1, 0.15) is 52.2 Å². The van der Waals surface area contributed by atoms with Crippen molar-refractivity contribution >= 4 is 0 Å². The maximum absolute atomic E-state index is 2.44. The summed E-state index contributed by atoms with van der Waals surface area (Å²) in [6.07, 6.45) is 3.81. The first-order chi connectivity index (χ1) is 7.90. The fraction of sp³-hybridized carbons (Fsp3) is 0.647. The molecule has 0 aliphatic heterocycles. The molecule has 0 spiro atoms. The molecule has 1 aromatic carbocycles. The van der Waals surface area contributed by atoms with Crippen molar-refractivity contribution in [3.05, 3.63) is 35.4 Å². The first-order valence-electron chi connectivity index (χ1n) is 6.97. The second kappa shape index (κ2) is 4.15. The third-order valence-electron chi connectivity index (χ3n) is 5.18. The van der Waals surface area contributed by atoms with Crippen LogP contribution in [-0.4, -0.2) is 0 Å². The van der Waals surface area contributed by atoms with E-state index in [4.69, 9.17) is 0 Å². The first-order valence-corrected chi connectivity index (χ1v) is 6.97. The molecule has 0 heterocycles. The minimum Gasteiger partial charge on any atom is -0.0651 e. The van der Waals surface area contributed by atoms with Crippen molar-refractivity contribution < 1.29 is 0 Å². The highest BCUT2D eigenvalue weighted by Gasteiger charge is 2.48. The van der Waals surface area contributed by atoms with E-state index in [2.05, 4.69) is 58.9 Å². The minimum atomic E-state index is 0.376. The molecule has 1 atom stereocenters. The quantitative estimate of drug-likeness (QED) is 0.680. The Balaban J connectivity index is 2.42. The molecule has 0 amide bonds. The number of hydrogen-bond donors (Lipinski definition) is 0. The summed E-state index contributed by atoms with van der Waals surface area (Å²) >= 11 is 0. The minimum absolute atomic E-state index is 0.376. The summed E-state index contributed by atoms with van der Waals surface area (Å²) in [6.45, 7) is 12.0. The van der Waals surface area contributed by atoms with Crippen molar-refractivity contribution in [3.63, 3.8) is 0 Å².